The zero-order valence-electron chi connectivity index (χ0n) is 14.0. The van der Waals surface area contributed by atoms with Gasteiger partial charge in [-0.3, -0.25) is 10.0 Å². The second kappa shape index (κ2) is 6.38. The molecule has 1 amide bonds. The van der Waals surface area contributed by atoms with Crippen LogP contribution in [0.4, 0.5) is 24.8 Å². The summed E-state index contributed by atoms with van der Waals surface area (Å²) in [5.41, 5.74) is 1.79. The SMILES string of the molecule is O=C(NO)c1cnc(N2C[C@@H]3C[C@H]2CN3c2ccc(C(F)(F)F)cc2)nc1. The van der Waals surface area contributed by atoms with Crippen LogP contribution in [-0.2, 0) is 6.18 Å². The highest BCUT2D eigenvalue weighted by Gasteiger charge is 2.44. The van der Waals surface area contributed by atoms with E-state index in [2.05, 4.69) is 14.9 Å². The summed E-state index contributed by atoms with van der Waals surface area (Å²) >= 11 is 0. The molecule has 10 heteroatoms. The lowest BCUT2D eigenvalue weighted by Crippen LogP contribution is -2.47. The maximum Gasteiger partial charge on any atom is 0.416 e. The lowest BCUT2D eigenvalue weighted by molar-refractivity contribution is -0.137. The molecular formula is C17H16F3N5O2. The molecule has 3 heterocycles. The Balaban J connectivity index is 1.45. The number of rotatable bonds is 3. The summed E-state index contributed by atoms with van der Waals surface area (Å²) in [6, 6.07) is 5.53. The Hall–Kier alpha value is -2.88. The molecular weight excluding hydrogens is 363 g/mol. The average Bonchev–Trinajstić information content (AvgIpc) is 3.28. The first-order valence-electron chi connectivity index (χ1n) is 8.34. The first-order chi connectivity index (χ1) is 12.9. The van der Waals surface area contributed by atoms with Crippen molar-refractivity contribution in [2.24, 2.45) is 0 Å². The molecule has 2 aliphatic rings. The standard InChI is InChI=1S/C17H16F3N5O2/c18-17(19,20)11-1-3-12(4-2-11)24-8-14-5-13(24)9-25(14)16-21-6-10(7-22-16)15(26)23-27/h1-4,6-7,13-14,27H,5,8-9H2,(H,23,26)/t13-,14-/m0/s1. The van der Waals surface area contributed by atoms with Crippen molar-refractivity contribution in [1.29, 1.82) is 0 Å². The Morgan fingerprint density at radius 3 is 2.19 bits per heavy atom. The molecule has 0 aliphatic carbocycles. The van der Waals surface area contributed by atoms with E-state index in [1.165, 1.54) is 30.0 Å². The molecule has 2 bridgehead atoms. The quantitative estimate of drug-likeness (QED) is 0.628. The summed E-state index contributed by atoms with van der Waals surface area (Å²) in [5, 5.41) is 8.62. The Morgan fingerprint density at radius 1 is 1.07 bits per heavy atom. The van der Waals surface area contributed by atoms with E-state index in [1.807, 2.05) is 4.90 Å². The third-order valence-electron chi connectivity index (χ3n) is 5.03. The van der Waals surface area contributed by atoms with Crippen LogP contribution in [-0.4, -0.2) is 46.3 Å². The number of piperazine rings is 1. The van der Waals surface area contributed by atoms with Gasteiger partial charge in [-0.2, -0.15) is 13.2 Å². The highest BCUT2D eigenvalue weighted by atomic mass is 19.4. The molecule has 2 fully saturated rings. The van der Waals surface area contributed by atoms with Crippen LogP contribution in [0.3, 0.4) is 0 Å². The van der Waals surface area contributed by atoms with Crippen LogP contribution in [0.1, 0.15) is 22.3 Å². The number of alkyl halides is 3. The first-order valence-corrected chi connectivity index (χ1v) is 8.34. The number of halogens is 3. The van der Waals surface area contributed by atoms with Crippen molar-refractivity contribution in [3.8, 4) is 0 Å². The Morgan fingerprint density at radius 2 is 1.67 bits per heavy atom. The van der Waals surface area contributed by atoms with Crippen molar-refractivity contribution in [1.82, 2.24) is 15.4 Å². The number of carbonyl (C=O) groups is 1. The number of carbonyl (C=O) groups excluding carboxylic acids is 1. The van der Waals surface area contributed by atoms with E-state index in [-0.39, 0.29) is 17.6 Å². The smallest absolute Gasteiger partial charge is 0.365 e. The third kappa shape index (κ3) is 3.16. The molecule has 2 N–H and O–H groups in total. The Bertz CT molecular complexity index is 841. The van der Waals surface area contributed by atoms with E-state index in [0.29, 0.717) is 19.0 Å². The summed E-state index contributed by atoms with van der Waals surface area (Å²) in [4.78, 5) is 23.8. The molecule has 2 aromatic rings. The van der Waals surface area contributed by atoms with E-state index in [4.69, 9.17) is 5.21 Å². The molecule has 0 spiro atoms. The van der Waals surface area contributed by atoms with E-state index in [1.54, 1.807) is 0 Å². The van der Waals surface area contributed by atoms with Crippen LogP contribution in [0.5, 0.6) is 0 Å². The maximum absolute atomic E-state index is 12.7. The first kappa shape index (κ1) is 17.5. The number of nitrogens with one attached hydrogen (secondary N) is 1. The van der Waals surface area contributed by atoms with Crippen LogP contribution < -0.4 is 15.3 Å². The molecule has 0 radical (unpaired) electrons. The van der Waals surface area contributed by atoms with Gasteiger partial charge in [0.15, 0.2) is 0 Å². The van der Waals surface area contributed by atoms with Crippen LogP contribution in [0.15, 0.2) is 36.7 Å². The molecule has 7 nitrogen and oxygen atoms in total. The highest BCUT2D eigenvalue weighted by Crippen LogP contribution is 2.37. The van der Waals surface area contributed by atoms with Crippen molar-refractivity contribution in [3.63, 3.8) is 0 Å². The third-order valence-corrected chi connectivity index (χ3v) is 5.03. The van der Waals surface area contributed by atoms with Crippen LogP contribution >= 0.6 is 0 Å². The molecule has 2 saturated heterocycles. The van der Waals surface area contributed by atoms with Gasteiger partial charge in [0.05, 0.1) is 17.2 Å². The van der Waals surface area contributed by atoms with Crippen LogP contribution in [0, 0.1) is 0 Å². The number of hydrogen-bond donors (Lipinski definition) is 2. The second-order valence-electron chi connectivity index (χ2n) is 6.61. The van der Waals surface area contributed by atoms with Crippen molar-refractivity contribution in [2.75, 3.05) is 22.9 Å². The van der Waals surface area contributed by atoms with Crippen molar-refractivity contribution in [3.05, 3.63) is 47.8 Å². The Labute approximate surface area is 152 Å². The summed E-state index contributed by atoms with van der Waals surface area (Å²) < 4.78 is 38.1. The minimum atomic E-state index is -4.34. The van der Waals surface area contributed by atoms with Crippen molar-refractivity contribution >= 4 is 17.5 Å². The highest BCUT2D eigenvalue weighted by molar-refractivity contribution is 5.92. The lowest BCUT2D eigenvalue weighted by atomic mass is 10.1. The van der Waals surface area contributed by atoms with E-state index in [0.717, 1.165) is 24.2 Å². The Kier molecular flexibility index (Phi) is 4.14. The number of benzene rings is 1. The van der Waals surface area contributed by atoms with Gasteiger partial charge in [-0.1, -0.05) is 0 Å². The minimum Gasteiger partial charge on any atom is -0.365 e. The summed E-state index contributed by atoms with van der Waals surface area (Å²) in [6.45, 7) is 1.31. The van der Waals surface area contributed by atoms with Gasteiger partial charge in [0.2, 0.25) is 5.95 Å². The molecule has 2 aliphatic heterocycles. The van der Waals surface area contributed by atoms with E-state index < -0.39 is 17.6 Å². The van der Waals surface area contributed by atoms with E-state index in [9.17, 15) is 18.0 Å². The number of anilines is 2. The average molecular weight is 379 g/mol. The largest absolute Gasteiger partial charge is 0.416 e. The number of hydrogen-bond acceptors (Lipinski definition) is 6. The van der Waals surface area contributed by atoms with Crippen molar-refractivity contribution < 1.29 is 23.2 Å². The lowest BCUT2D eigenvalue weighted by Gasteiger charge is -2.35. The minimum absolute atomic E-state index is 0.148. The number of amides is 1. The van der Waals surface area contributed by atoms with Gasteiger partial charge in [-0.25, -0.2) is 15.4 Å². The number of hydroxylamine groups is 1. The predicted octanol–water partition coefficient (Wildman–Crippen LogP) is 2.08. The maximum atomic E-state index is 12.7. The molecule has 4 rings (SSSR count). The van der Waals surface area contributed by atoms with Gasteiger partial charge < -0.3 is 9.80 Å². The van der Waals surface area contributed by atoms with Gasteiger partial charge >= 0.3 is 6.18 Å². The van der Waals surface area contributed by atoms with Gasteiger partial charge in [0.1, 0.15) is 0 Å². The fourth-order valence-electron chi connectivity index (χ4n) is 3.72. The molecule has 1 aromatic heterocycles. The van der Waals surface area contributed by atoms with Crippen LogP contribution in [0.2, 0.25) is 0 Å². The van der Waals surface area contributed by atoms with Gasteiger partial charge in [-0.15, -0.1) is 0 Å². The number of nitrogens with zero attached hydrogens (tertiary/aromatic N) is 4. The topological polar surface area (TPSA) is 81.6 Å². The summed E-state index contributed by atoms with van der Waals surface area (Å²) in [5.74, 6) is -0.193. The monoisotopic (exact) mass is 379 g/mol. The fraction of sp³-hybridized carbons (Fsp3) is 0.353. The number of fused-ring (bicyclic) bond motifs is 2. The van der Waals surface area contributed by atoms with Gasteiger partial charge in [0.25, 0.3) is 5.91 Å². The molecule has 1 aromatic carbocycles. The zero-order chi connectivity index (χ0) is 19.2. The molecule has 27 heavy (non-hydrogen) atoms. The summed E-state index contributed by atoms with van der Waals surface area (Å²) in [6.07, 6.45) is -0.792. The molecule has 2 atom stereocenters. The van der Waals surface area contributed by atoms with Crippen molar-refractivity contribution in [2.45, 2.75) is 24.7 Å². The summed E-state index contributed by atoms with van der Waals surface area (Å²) in [7, 11) is 0. The zero-order valence-corrected chi connectivity index (χ0v) is 14.0. The molecule has 0 unspecified atom stereocenters. The molecule has 142 valence electrons. The normalized spacial score (nSPS) is 21.6. The van der Waals surface area contributed by atoms with Gasteiger partial charge in [0, 0.05) is 37.2 Å². The molecule has 0 saturated carbocycles. The van der Waals surface area contributed by atoms with Crippen LogP contribution in [0.25, 0.3) is 0 Å². The predicted molar refractivity (Wildman–Crippen MR) is 89.6 cm³/mol. The second-order valence-corrected chi connectivity index (χ2v) is 6.61. The number of aromatic nitrogens is 2. The van der Waals surface area contributed by atoms with Gasteiger partial charge in [-0.05, 0) is 30.7 Å². The van der Waals surface area contributed by atoms with E-state index >= 15 is 0 Å². The fourth-order valence-corrected chi connectivity index (χ4v) is 3.72.